The van der Waals surface area contributed by atoms with Crippen LogP contribution >= 0.6 is 0 Å². The third-order valence-corrected chi connectivity index (χ3v) is 3.50. The van der Waals surface area contributed by atoms with Crippen LogP contribution in [0.25, 0.3) is 0 Å². The first-order valence-corrected chi connectivity index (χ1v) is 7.78. The molecule has 118 valence electrons. The molecule has 1 aliphatic rings. The van der Waals surface area contributed by atoms with Crippen LogP contribution in [0.2, 0.25) is 0 Å². The zero-order chi connectivity index (χ0) is 15.9. The van der Waals surface area contributed by atoms with Gasteiger partial charge >= 0.3 is 0 Å². The molecule has 1 aliphatic carbocycles. The molecule has 5 nitrogen and oxygen atoms in total. The number of benzene rings is 1. The predicted octanol–water partition coefficient (Wildman–Crippen LogP) is 3.00. The number of ether oxygens (including phenoxy) is 2. The Kier molecular flexibility index (Phi) is 5.65. The average Bonchev–Trinajstić information content (AvgIpc) is 3.34. The number of hydrogen-bond acceptors (Lipinski definition) is 4. The molecule has 0 aliphatic heterocycles. The molecule has 0 N–H and O–H groups in total. The van der Waals surface area contributed by atoms with Crippen molar-refractivity contribution >= 4 is 5.91 Å². The first-order chi connectivity index (χ1) is 10.7. The van der Waals surface area contributed by atoms with Crippen LogP contribution < -0.4 is 9.47 Å². The van der Waals surface area contributed by atoms with E-state index in [1.807, 2.05) is 13.8 Å². The smallest absolute Gasteiger partial charge is 0.254 e. The van der Waals surface area contributed by atoms with E-state index in [0.29, 0.717) is 43.2 Å². The molecule has 1 fully saturated rings. The van der Waals surface area contributed by atoms with Gasteiger partial charge in [0.25, 0.3) is 5.91 Å². The molecule has 0 saturated heterocycles. The van der Waals surface area contributed by atoms with E-state index in [2.05, 4.69) is 6.07 Å². The highest BCUT2D eigenvalue weighted by molar-refractivity contribution is 5.95. The molecule has 1 aromatic rings. The second-order valence-electron chi connectivity index (χ2n) is 5.17. The number of rotatable bonds is 8. The minimum absolute atomic E-state index is 0.0400. The Labute approximate surface area is 131 Å². The maximum atomic E-state index is 12.7. The van der Waals surface area contributed by atoms with Crippen LogP contribution in [0, 0.1) is 11.3 Å². The fraction of sp³-hybridized carbons (Fsp3) is 0.529. The van der Waals surface area contributed by atoms with E-state index < -0.39 is 0 Å². The summed E-state index contributed by atoms with van der Waals surface area (Å²) < 4.78 is 11.1. The number of nitrogens with zero attached hydrogens (tertiary/aromatic N) is 2. The van der Waals surface area contributed by atoms with E-state index in [4.69, 9.17) is 14.7 Å². The van der Waals surface area contributed by atoms with Crippen molar-refractivity contribution in [1.29, 1.82) is 5.26 Å². The summed E-state index contributed by atoms with van der Waals surface area (Å²) in [6.45, 7) is 5.35. The molecule has 0 bridgehead atoms. The topological polar surface area (TPSA) is 62.6 Å². The summed E-state index contributed by atoms with van der Waals surface area (Å²) in [5.41, 5.74) is 0.580. The van der Waals surface area contributed by atoms with Gasteiger partial charge in [0.15, 0.2) is 11.5 Å². The van der Waals surface area contributed by atoms with Crippen molar-refractivity contribution in [3.05, 3.63) is 23.8 Å². The number of carbonyl (C=O) groups excluding carboxylic acids is 1. The van der Waals surface area contributed by atoms with Crippen LogP contribution in [0.5, 0.6) is 11.5 Å². The van der Waals surface area contributed by atoms with Crippen LogP contribution in [-0.2, 0) is 0 Å². The van der Waals surface area contributed by atoms with Gasteiger partial charge in [-0.05, 0) is 44.9 Å². The van der Waals surface area contributed by atoms with Gasteiger partial charge in [-0.1, -0.05) is 0 Å². The molecular weight excluding hydrogens is 280 g/mol. The summed E-state index contributed by atoms with van der Waals surface area (Å²) in [6, 6.07) is 7.66. The summed E-state index contributed by atoms with van der Waals surface area (Å²) in [7, 11) is 0. The van der Waals surface area contributed by atoms with Crippen molar-refractivity contribution in [1.82, 2.24) is 4.90 Å². The lowest BCUT2D eigenvalue weighted by atomic mass is 10.1. The SMILES string of the molecule is CCOc1ccc(C(=O)N(CCC#N)C2CC2)cc1OCC. The summed E-state index contributed by atoms with van der Waals surface area (Å²) in [5, 5.41) is 8.75. The lowest BCUT2D eigenvalue weighted by molar-refractivity contribution is 0.0746. The Balaban J connectivity index is 2.20. The van der Waals surface area contributed by atoms with Crippen LogP contribution in [0.1, 0.15) is 43.5 Å². The highest BCUT2D eigenvalue weighted by atomic mass is 16.5. The highest BCUT2D eigenvalue weighted by Crippen LogP contribution is 2.32. The van der Waals surface area contributed by atoms with Gasteiger partial charge in [0.1, 0.15) is 0 Å². The first-order valence-electron chi connectivity index (χ1n) is 7.78. The second kappa shape index (κ2) is 7.69. The fourth-order valence-electron chi connectivity index (χ4n) is 2.36. The van der Waals surface area contributed by atoms with Gasteiger partial charge in [-0.15, -0.1) is 0 Å². The number of nitriles is 1. The highest BCUT2D eigenvalue weighted by Gasteiger charge is 2.32. The molecule has 0 spiro atoms. The van der Waals surface area contributed by atoms with Gasteiger partial charge in [-0.2, -0.15) is 5.26 Å². The van der Waals surface area contributed by atoms with Crippen molar-refractivity contribution in [3.8, 4) is 17.6 Å². The molecule has 5 heteroatoms. The van der Waals surface area contributed by atoms with Crippen LogP contribution in [-0.4, -0.2) is 36.6 Å². The predicted molar refractivity (Wildman–Crippen MR) is 83.1 cm³/mol. The van der Waals surface area contributed by atoms with Gasteiger partial charge < -0.3 is 14.4 Å². The lowest BCUT2D eigenvalue weighted by Gasteiger charge is -2.22. The Hall–Kier alpha value is -2.22. The maximum absolute atomic E-state index is 12.7. The minimum Gasteiger partial charge on any atom is -0.490 e. The molecule has 0 heterocycles. The van der Waals surface area contributed by atoms with Gasteiger partial charge in [0, 0.05) is 18.2 Å². The van der Waals surface area contributed by atoms with E-state index in [9.17, 15) is 4.79 Å². The summed E-state index contributed by atoms with van der Waals surface area (Å²) >= 11 is 0. The fourth-order valence-corrected chi connectivity index (χ4v) is 2.36. The zero-order valence-electron chi connectivity index (χ0n) is 13.2. The second-order valence-corrected chi connectivity index (χ2v) is 5.17. The number of carbonyl (C=O) groups is 1. The summed E-state index contributed by atoms with van der Waals surface area (Å²) in [4.78, 5) is 14.5. The molecule has 0 aromatic heterocycles. The van der Waals surface area contributed by atoms with Gasteiger partial charge in [0.05, 0.1) is 25.7 Å². The number of hydrogen-bond donors (Lipinski definition) is 0. The van der Waals surface area contributed by atoms with E-state index >= 15 is 0 Å². The van der Waals surface area contributed by atoms with Gasteiger partial charge in [-0.3, -0.25) is 4.79 Å². The van der Waals surface area contributed by atoms with E-state index in [1.165, 1.54) is 0 Å². The van der Waals surface area contributed by atoms with E-state index in [-0.39, 0.29) is 11.9 Å². The maximum Gasteiger partial charge on any atom is 0.254 e. The Morgan fingerprint density at radius 2 is 1.95 bits per heavy atom. The van der Waals surface area contributed by atoms with Crippen molar-refractivity contribution in [2.45, 2.75) is 39.2 Å². The van der Waals surface area contributed by atoms with Crippen LogP contribution in [0.3, 0.4) is 0 Å². The molecule has 0 radical (unpaired) electrons. The molecule has 0 atom stereocenters. The Morgan fingerprint density at radius 1 is 1.27 bits per heavy atom. The monoisotopic (exact) mass is 302 g/mol. The molecule has 1 saturated carbocycles. The van der Waals surface area contributed by atoms with Gasteiger partial charge in [-0.25, -0.2) is 0 Å². The summed E-state index contributed by atoms with van der Waals surface area (Å²) in [5.74, 6) is 1.20. The van der Waals surface area contributed by atoms with Crippen LogP contribution in [0.15, 0.2) is 18.2 Å². The zero-order valence-corrected chi connectivity index (χ0v) is 13.2. The van der Waals surface area contributed by atoms with E-state index in [0.717, 1.165) is 12.8 Å². The minimum atomic E-state index is -0.0400. The molecule has 1 amide bonds. The third-order valence-electron chi connectivity index (χ3n) is 3.50. The third kappa shape index (κ3) is 3.91. The normalized spacial score (nSPS) is 13.3. The summed E-state index contributed by atoms with van der Waals surface area (Å²) in [6.07, 6.45) is 2.40. The Morgan fingerprint density at radius 3 is 2.55 bits per heavy atom. The van der Waals surface area contributed by atoms with Crippen molar-refractivity contribution < 1.29 is 14.3 Å². The van der Waals surface area contributed by atoms with Crippen molar-refractivity contribution in [3.63, 3.8) is 0 Å². The standard InChI is InChI=1S/C17H22N2O3/c1-3-21-15-9-6-13(12-16(15)22-4-2)17(20)19(11-5-10-18)14-7-8-14/h6,9,12,14H,3-5,7-8,11H2,1-2H3. The van der Waals surface area contributed by atoms with Crippen molar-refractivity contribution in [2.24, 2.45) is 0 Å². The molecule has 22 heavy (non-hydrogen) atoms. The van der Waals surface area contributed by atoms with E-state index in [1.54, 1.807) is 23.1 Å². The lowest BCUT2D eigenvalue weighted by Crippen LogP contribution is -2.33. The largest absolute Gasteiger partial charge is 0.490 e. The number of amides is 1. The molecule has 1 aromatic carbocycles. The average molecular weight is 302 g/mol. The quantitative estimate of drug-likeness (QED) is 0.740. The van der Waals surface area contributed by atoms with Crippen molar-refractivity contribution in [2.75, 3.05) is 19.8 Å². The molecular formula is C17H22N2O3. The van der Waals surface area contributed by atoms with Gasteiger partial charge in [0.2, 0.25) is 0 Å². The van der Waals surface area contributed by atoms with Crippen LogP contribution in [0.4, 0.5) is 0 Å². The first kappa shape index (κ1) is 16.2. The Bertz CT molecular complexity index is 562. The molecule has 2 rings (SSSR count). The molecule has 0 unspecified atom stereocenters.